The predicted molar refractivity (Wildman–Crippen MR) is 85.5 cm³/mol. The maximum Gasteiger partial charge on any atom is 0.262 e. The molecule has 8 heteroatoms. The topological polar surface area (TPSA) is 72.2 Å². The largest absolute Gasteiger partial charge is 0.398 e. The highest BCUT2D eigenvalue weighted by molar-refractivity contribution is 9.10. The molecule has 0 saturated carbocycles. The van der Waals surface area contributed by atoms with E-state index in [0.717, 1.165) is 6.07 Å². The molecule has 0 bridgehead atoms. The monoisotopic (exact) mass is 392 g/mol. The van der Waals surface area contributed by atoms with Gasteiger partial charge in [-0.15, -0.1) is 0 Å². The van der Waals surface area contributed by atoms with Crippen LogP contribution in [-0.4, -0.2) is 8.42 Å². The summed E-state index contributed by atoms with van der Waals surface area (Å²) >= 11 is 8.94. The van der Waals surface area contributed by atoms with E-state index in [2.05, 4.69) is 20.7 Å². The van der Waals surface area contributed by atoms with Gasteiger partial charge >= 0.3 is 0 Å². The van der Waals surface area contributed by atoms with Crippen LogP contribution in [0.5, 0.6) is 0 Å². The number of sulfonamides is 1. The van der Waals surface area contributed by atoms with Crippen LogP contribution in [0.3, 0.4) is 0 Å². The number of halogens is 3. The van der Waals surface area contributed by atoms with Crippen LogP contribution in [0.1, 0.15) is 5.56 Å². The van der Waals surface area contributed by atoms with Crippen molar-refractivity contribution in [3.63, 3.8) is 0 Å². The third-order valence-corrected chi connectivity index (χ3v) is 5.20. The Balaban J connectivity index is 2.40. The molecule has 0 aliphatic carbocycles. The van der Waals surface area contributed by atoms with E-state index in [9.17, 15) is 12.8 Å². The van der Waals surface area contributed by atoms with E-state index >= 15 is 0 Å². The normalized spacial score (nSPS) is 11.4. The van der Waals surface area contributed by atoms with Crippen LogP contribution in [0.15, 0.2) is 39.7 Å². The van der Waals surface area contributed by atoms with Crippen molar-refractivity contribution in [2.24, 2.45) is 0 Å². The van der Waals surface area contributed by atoms with Gasteiger partial charge < -0.3 is 5.73 Å². The van der Waals surface area contributed by atoms with Crippen molar-refractivity contribution >= 4 is 48.9 Å². The zero-order chi connectivity index (χ0) is 15.8. The molecule has 2 aromatic carbocycles. The van der Waals surface area contributed by atoms with Crippen molar-refractivity contribution in [3.8, 4) is 0 Å². The first-order valence-corrected chi connectivity index (χ1v) is 8.39. The Kier molecular flexibility index (Phi) is 4.46. The Hall–Kier alpha value is -1.31. The molecule has 0 atom stereocenters. The van der Waals surface area contributed by atoms with Gasteiger partial charge in [0, 0.05) is 10.7 Å². The third kappa shape index (κ3) is 3.48. The quantitative estimate of drug-likeness (QED) is 0.776. The fraction of sp³-hybridized carbons (Fsp3) is 0.0769. The minimum Gasteiger partial charge on any atom is -0.398 e. The van der Waals surface area contributed by atoms with Crippen molar-refractivity contribution in [2.45, 2.75) is 11.8 Å². The number of hydrogen-bond donors (Lipinski definition) is 2. The molecule has 21 heavy (non-hydrogen) atoms. The van der Waals surface area contributed by atoms with Crippen molar-refractivity contribution in [2.75, 3.05) is 10.5 Å². The molecular weight excluding hydrogens is 383 g/mol. The molecule has 0 amide bonds. The van der Waals surface area contributed by atoms with Crippen LogP contribution >= 0.6 is 27.5 Å². The van der Waals surface area contributed by atoms with Gasteiger partial charge in [-0.2, -0.15) is 0 Å². The van der Waals surface area contributed by atoms with Gasteiger partial charge in [0.15, 0.2) is 0 Å². The SMILES string of the molecule is Cc1c(N)cc(S(=O)(=O)Nc2ccc(F)c(Br)c2)cc1Cl. The van der Waals surface area contributed by atoms with Crippen molar-refractivity contribution in [1.82, 2.24) is 0 Å². The number of nitrogens with one attached hydrogen (secondary N) is 1. The van der Waals surface area contributed by atoms with Gasteiger partial charge in [-0.1, -0.05) is 11.6 Å². The summed E-state index contributed by atoms with van der Waals surface area (Å²) in [5.74, 6) is -0.486. The molecule has 0 aromatic heterocycles. The highest BCUT2D eigenvalue weighted by Crippen LogP contribution is 2.28. The van der Waals surface area contributed by atoms with Gasteiger partial charge in [0.2, 0.25) is 0 Å². The van der Waals surface area contributed by atoms with Gasteiger partial charge in [-0.05, 0) is 58.7 Å². The number of nitrogens with two attached hydrogens (primary N) is 1. The number of anilines is 2. The van der Waals surface area contributed by atoms with Crippen LogP contribution in [0.4, 0.5) is 15.8 Å². The zero-order valence-corrected chi connectivity index (χ0v) is 14.0. The van der Waals surface area contributed by atoms with E-state index in [1.54, 1.807) is 6.92 Å². The van der Waals surface area contributed by atoms with E-state index in [-0.39, 0.29) is 25.8 Å². The second-order valence-electron chi connectivity index (χ2n) is 4.35. The van der Waals surface area contributed by atoms with E-state index in [4.69, 9.17) is 17.3 Å². The van der Waals surface area contributed by atoms with Gasteiger partial charge in [-0.25, -0.2) is 12.8 Å². The molecule has 112 valence electrons. The van der Waals surface area contributed by atoms with Crippen molar-refractivity contribution in [1.29, 1.82) is 0 Å². The molecule has 0 aliphatic rings. The molecule has 0 aliphatic heterocycles. The Bertz CT molecular complexity index is 789. The predicted octanol–water partition coefficient (Wildman–Crippen LogP) is 3.93. The standard InChI is InChI=1S/C13H11BrClFN2O2S/c1-7-11(15)5-9(6-13(7)17)21(19,20)18-8-2-3-12(16)10(14)4-8/h2-6,18H,17H2,1H3. The maximum atomic E-state index is 13.1. The summed E-state index contributed by atoms with van der Waals surface area (Å²) in [6, 6.07) is 6.43. The lowest BCUT2D eigenvalue weighted by Gasteiger charge is -2.11. The van der Waals surface area contributed by atoms with Crippen LogP contribution in [0, 0.1) is 12.7 Å². The second-order valence-corrected chi connectivity index (χ2v) is 7.30. The number of benzene rings is 2. The summed E-state index contributed by atoms with van der Waals surface area (Å²) < 4.78 is 40.2. The third-order valence-electron chi connectivity index (χ3n) is 2.84. The first kappa shape index (κ1) is 16.1. The first-order chi connectivity index (χ1) is 9.70. The van der Waals surface area contributed by atoms with Gasteiger partial charge in [0.05, 0.1) is 15.1 Å². The Morgan fingerprint density at radius 2 is 1.95 bits per heavy atom. The Morgan fingerprint density at radius 1 is 1.29 bits per heavy atom. The fourth-order valence-corrected chi connectivity index (χ4v) is 3.38. The van der Waals surface area contributed by atoms with E-state index in [1.165, 1.54) is 24.3 Å². The number of rotatable bonds is 3. The molecule has 2 aromatic rings. The van der Waals surface area contributed by atoms with E-state index in [0.29, 0.717) is 5.56 Å². The molecule has 0 saturated heterocycles. The van der Waals surface area contributed by atoms with E-state index in [1.807, 2.05) is 0 Å². The summed E-state index contributed by atoms with van der Waals surface area (Å²) in [4.78, 5) is -0.0592. The van der Waals surface area contributed by atoms with Crippen LogP contribution in [-0.2, 0) is 10.0 Å². The smallest absolute Gasteiger partial charge is 0.262 e. The minimum absolute atomic E-state index is 0.0592. The number of hydrogen-bond acceptors (Lipinski definition) is 3. The first-order valence-electron chi connectivity index (χ1n) is 5.74. The van der Waals surface area contributed by atoms with Gasteiger partial charge in [-0.3, -0.25) is 4.72 Å². The lowest BCUT2D eigenvalue weighted by Crippen LogP contribution is -2.13. The summed E-state index contributed by atoms with van der Waals surface area (Å²) in [6.07, 6.45) is 0. The van der Waals surface area contributed by atoms with Crippen LogP contribution in [0.25, 0.3) is 0 Å². The molecule has 0 spiro atoms. The lowest BCUT2D eigenvalue weighted by molar-refractivity contribution is 0.601. The van der Waals surface area contributed by atoms with Gasteiger partial charge in [0.25, 0.3) is 10.0 Å². The Morgan fingerprint density at radius 3 is 2.52 bits per heavy atom. The number of nitrogen functional groups attached to an aromatic ring is 1. The van der Waals surface area contributed by atoms with Crippen molar-refractivity contribution < 1.29 is 12.8 Å². The highest BCUT2D eigenvalue weighted by Gasteiger charge is 2.17. The average Bonchev–Trinajstić information content (AvgIpc) is 2.39. The average molecular weight is 394 g/mol. The van der Waals surface area contributed by atoms with Crippen molar-refractivity contribution in [3.05, 3.63) is 51.2 Å². The molecule has 4 nitrogen and oxygen atoms in total. The van der Waals surface area contributed by atoms with Crippen LogP contribution in [0.2, 0.25) is 5.02 Å². The second kappa shape index (κ2) is 5.82. The molecule has 3 N–H and O–H groups in total. The van der Waals surface area contributed by atoms with E-state index < -0.39 is 15.8 Å². The summed E-state index contributed by atoms with van der Waals surface area (Å²) in [5, 5.41) is 0.260. The maximum absolute atomic E-state index is 13.1. The Labute approximate surface area is 135 Å². The molecule has 0 unspecified atom stereocenters. The van der Waals surface area contributed by atoms with Crippen LogP contribution < -0.4 is 10.5 Å². The summed E-state index contributed by atoms with van der Waals surface area (Å²) in [6.45, 7) is 1.69. The summed E-state index contributed by atoms with van der Waals surface area (Å²) in [5.41, 5.74) is 6.83. The molecule has 0 heterocycles. The molecule has 0 fully saturated rings. The lowest BCUT2D eigenvalue weighted by atomic mass is 10.2. The fourth-order valence-electron chi connectivity index (χ4n) is 1.60. The highest BCUT2D eigenvalue weighted by atomic mass is 79.9. The molecular formula is C13H11BrClFN2O2S. The zero-order valence-electron chi connectivity index (χ0n) is 10.8. The van der Waals surface area contributed by atoms with Gasteiger partial charge in [0.1, 0.15) is 5.82 Å². The molecule has 2 rings (SSSR count). The summed E-state index contributed by atoms with van der Waals surface area (Å²) in [7, 11) is -3.86. The molecule has 0 radical (unpaired) electrons. The minimum atomic E-state index is -3.86.